The summed E-state index contributed by atoms with van der Waals surface area (Å²) in [6.45, 7) is 6.10. The Balaban J connectivity index is 1.96. The van der Waals surface area contributed by atoms with Gasteiger partial charge in [-0.25, -0.2) is 9.78 Å². The molecule has 0 spiro atoms. The quantitative estimate of drug-likeness (QED) is 0.728. The number of pyridine rings is 1. The number of aromatic nitrogens is 1. The number of nitrogens with zero attached hydrogens (tertiary/aromatic N) is 2. The molecule has 1 aromatic rings. The van der Waals surface area contributed by atoms with Gasteiger partial charge in [-0.05, 0) is 49.4 Å². The van der Waals surface area contributed by atoms with Gasteiger partial charge in [0.1, 0.15) is 11.4 Å². The van der Waals surface area contributed by atoms with Gasteiger partial charge >= 0.3 is 6.09 Å². The van der Waals surface area contributed by atoms with Crippen molar-refractivity contribution in [2.24, 2.45) is 0 Å². The van der Waals surface area contributed by atoms with Gasteiger partial charge in [0.15, 0.2) is 0 Å². The van der Waals surface area contributed by atoms with E-state index in [0.717, 1.165) is 3.57 Å². The summed E-state index contributed by atoms with van der Waals surface area (Å²) in [5.41, 5.74) is -0.494. The molecule has 0 aromatic carbocycles. The zero-order chi connectivity index (χ0) is 14.8. The first-order valence-corrected chi connectivity index (χ1v) is 7.41. The highest BCUT2D eigenvalue weighted by Gasteiger charge is 2.25. The first-order chi connectivity index (χ1) is 9.33. The fourth-order valence-electron chi connectivity index (χ4n) is 1.63. The molecular formula is C14H17IN2O3. The number of ether oxygens (including phenoxy) is 2. The number of amides is 1. The average Bonchev–Trinajstić information content (AvgIpc) is 2.79. The molecular weight excluding hydrogens is 371 g/mol. The lowest BCUT2D eigenvalue weighted by Gasteiger charge is -2.22. The van der Waals surface area contributed by atoms with Crippen LogP contribution in [0, 0.1) is 3.57 Å². The summed E-state index contributed by atoms with van der Waals surface area (Å²) >= 11 is 2.18. The number of carbonyl (C=O) groups excluding carboxylic acids is 1. The minimum atomic E-state index is -0.494. The van der Waals surface area contributed by atoms with Crippen molar-refractivity contribution in [3.05, 3.63) is 33.9 Å². The van der Waals surface area contributed by atoms with E-state index in [2.05, 4.69) is 27.6 Å². The number of hydrogen-bond donors (Lipinski definition) is 0. The third-order valence-electron chi connectivity index (χ3n) is 2.46. The van der Waals surface area contributed by atoms with Crippen molar-refractivity contribution in [1.29, 1.82) is 0 Å². The van der Waals surface area contributed by atoms with E-state index in [1.165, 1.54) is 4.90 Å². The van der Waals surface area contributed by atoms with Crippen LogP contribution in [0.1, 0.15) is 27.2 Å². The molecule has 0 saturated heterocycles. The third kappa shape index (κ3) is 4.36. The van der Waals surface area contributed by atoms with Crippen LogP contribution >= 0.6 is 22.6 Å². The van der Waals surface area contributed by atoms with E-state index >= 15 is 0 Å². The van der Waals surface area contributed by atoms with Crippen LogP contribution in [0.5, 0.6) is 5.88 Å². The molecule has 0 unspecified atom stereocenters. The van der Waals surface area contributed by atoms with Crippen molar-refractivity contribution in [1.82, 2.24) is 9.88 Å². The second-order valence-electron chi connectivity index (χ2n) is 5.44. The summed E-state index contributed by atoms with van der Waals surface area (Å²) in [5, 5.41) is 0. The van der Waals surface area contributed by atoms with Crippen molar-refractivity contribution in [3.8, 4) is 5.88 Å². The zero-order valence-corrected chi connectivity index (χ0v) is 13.9. The maximum atomic E-state index is 11.9. The normalized spacial score (nSPS) is 15.0. The Kier molecular flexibility index (Phi) is 4.52. The van der Waals surface area contributed by atoms with Gasteiger partial charge in [-0.15, -0.1) is 0 Å². The third-order valence-corrected chi connectivity index (χ3v) is 3.10. The molecule has 1 aliphatic heterocycles. The summed E-state index contributed by atoms with van der Waals surface area (Å²) in [6.07, 6.45) is 3.71. The summed E-state index contributed by atoms with van der Waals surface area (Å²) in [6, 6.07) is 3.72. The van der Waals surface area contributed by atoms with Crippen molar-refractivity contribution >= 4 is 28.7 Å². The molecule has 6 heteroatoms. The first kappa shape index (κ1) is 15.1. The van der Waals surface area contributed by atoms with Gasteiger partial charge < -0.3 is 9.47 Å². The number of halogens is 1. The highest BCUT2D eigenvalue weighted by molar-refractivity contribution is 14.1. The van der Waals surface area contributed by atoms with E-state index in [1.807, 2.05) is 26.8 Å². The predicted octanol–water partition coefficient (Wildman–Crippen LogP) is 3.55. The fourth-order valence-corrected chi connectivity index (χ4v) is 1.95. The molecule has 1 aliphatic rings. The molecule has 5 nitrogen and oxygen atoms in total. The zero-order valence-electron chi connectivity index (χ0n) is 11.7. The summed E-state index contributed by atoms with van der Waals surface area (Å²) in [7, 11) is 0. The van der Waals surface area contributed by atoms with Crippen LogP contribution in [-0.4, -0.2) is 28.1 Å². The van der Waals surface area contributed by atoms with Crippen molar-refractivity contribution in [2.45, 2.75) is 32.8 Å². The van der Waals surface area contributed by atoms with Gasteiger partial charge in [-0.2, -0.15) is 0 Å². The van der Waals surface area contributed by atoms with Gasteiger partial charge in [0, 0.05) is 35.0 Å². The Morgan fingerprint density at radius 1 is 1.40 bits per heavy atom. The Bertz CT molecular complexity index is 520. The van der Waals surface area contributed by atoms with Crippen LogP contribution in [0.15, 0.2) is 30.3 Å². The average molecular weight is 388 g/mol. The van der Waals surface area contributed by atoms with Crippen molar-refractivity contribution < 1.29 is 14.3 Å². The topological polar surface area (TPSA) is 51.7 Å². The van der Waals surface area contributed by atoms with Crippen molar-refractivity contribution in [3.63, 3.8) is 0 Å². The van der Waals surface area contributed by atoms with E-state index in [4.69, 9.17) is 9.47 Å². The lowest BCUT2D eigenvalue weighted by Crippen LogP contribution is -2.32. The summed E-state index contributed by atoms with van der Waals surface area (Å²) < 4.78 is 12.0. The molecule has 0 atom stereocenters. The molecule has 0 radical (unpaired) electrons. The molecule has 1 aromatic heterocycles. The van der Waals surface area contributed by atoms with Gasteiger partial charge in [0.25, 0.3) is 0 Å². The smallest absolute Gasteiger partial charge is 0.414 e. The lowest BCUT2D eigenvalue weighted by atomic mass is 10.2. The fraction of sp³-hybridized carbons (Fsp3) is 0.429. The highest BCUT2D eigenvalue weighted by atomic mass is 127. The highest BCUT2D eigenvalue weighted by Crippen LogP contribution is 2.21. The maximum absolute atomic E-state index is 11.9. The molecule has 0 aliphatic carbocycles. The molecule has 0 N–H and O–H groups in total. The second kappa shape index (κ2) is 5.99. The van der Waals surface area contributed by atoms with E-state index in [1.54, 1.807) is 18.5 Å². The van der Waals surface area contributed by atoms with Gasteiger partial charge in [-0.1, -0.05) is 0 Å². The minimum Gasteiger partial charge on any atom is -0.443 e. The molecule has 0 saturated carbocycles. The van der Waals surface area contributed by atoms with Crippen LogP contribution in [0.25, 0.3) is 0 Å². The molecule has 2 heterocycles. The SMILES string of the molecule is CC(C)(C)OC(=O)N1C=C(Oc2ccc(I)cn2)CC1. The van der Waals surface area contributed by atoms with Gasteiger partial charge in [0.05, 0.1) is 0 Å². The first-order valence-electron chi connectivity index (χ1n) is 6.33. The van der Waals surface area contributed by atoms with Crippen LogP contribution < -0.4 is 4.74 Å². The molecule has 108 valence electrons. The van der Waals surface area contributed by atoms with Crippen molar-refractivity contribution in [2.75, 3.05) is 6.54 Å². The predicted molar refractivity (Wildman–Crippen MR) is 83.2 cm³/mol. The van der Waals surface area contributed by atoms with Gasteiger partial charge in [0.2, 0.25) is 5.88 Å². The van der Waals surface area contributed by atoms with E-state index < -0.39 is 5.60 Å². The number of hydrogen-bond acceptors (Lipinski definition) is 4. The minimum absolute atomic E-state index is 0.355. The molecule has 20 heavy (non-hydrogen) atoms. The van der Waals surface area contributed by atoms with Crippen LogP contribution in [0.2, 0.25) is 0 Å². The Labute approximate surface area is 132 Å². The maximum Gasteiger partial charge on any atom is 0.414 e. The molecule has 1 amide bonds. The summed E-state index contributed by atoms with van der Waals surface area (Å²) in [5.74, 6) is 1.24. The standard InChI is InChI=1S/C14H17IN2O3/c1-14(2,3)20-13(18)17-7-6-11(9-17)19-12-5-4-10(15)8-16-12/h4-5,8-9H,6-7H2,1-3H3. The van der Waals surface area contributed by atoms with E-state index in [9.17, 15) is 4.79 Å². The summed E-state index contributed by atoms with van der Waals surface area (Å²) in [4.78, 5) is 17.6. The van der Waals surface area contributed by atoms with Crippen LogP contribution in [-0.2, 0) is 4.74 Å². The molecule has 0 bridgehead atoms. The van der Waals surface area contributed by atoms with Crippen LogP contribution in [0.4, 0.5) is 4.79 Å². The van der Waals surface area contributed by atoms with Crippen LogP contribution in [0.3, 0.4) is 0 Å². The monoisotopic (exact) mass is 388 g/mol. The Morgan fingerprint density at radius 2 is 2.15 bits per heavy atom. The van der Waals surface area contributed by atoms with E-state index in [0.29, 0.717) is 24.6 Å². The van der Waals surface area contributed by atoms with Gasteiger partial charge in [-0.3, -0.25) is 4.90 Å². The molecule has 2 rings (SSSR count). The number of carbonyl (C=O) groups is 1. The van der Waals surface area contributed by atoms with E-state index in [-0.39, 0.29) is 6.09 Å². The number of rotatable bonds is 2. The molecule has 0 fully saturated rings. The Morgan fingerprint density at radius 3 is 2.75 bits per heavy atom. The lowest BCUT2D eigenvalue weighted by molar-refractivity contribution is 0.0349. The second-order valence-corrected chi connectivity index (χ2v) is 6.68. The Hall–Kier alpha value is -1.31. The largest absolute Gasteiger partial charge is 0.443 e.